The summed E-state index contributed by atoms with van der Waals surface area (Å²) in [6, 6.07) is 3.80. The molecule has 2 heterocycles. The number of aryl methyl sites for hydroxylation is 1. The van der Waals surface area contributed by atoms with Crippen molar-refractivity contribution in [3.63, 3.8) is 0 Å². The van der Waals surface area contributed by atoms with E-state index in [1.165, 1.54) is 0 Å². The number of rotatable bonds is 2. The first kappa shape index (κ1) is 13.2. The van der Waals surface area contributed by atoms with Crippen LogP contribution in [0.15, 0.2) is 12.1 Å². The first-order valence-electron chi connectivity index (χ1n) is 7.19. The molecule has 108 valence electrons. The molecule has 1 amide bonds. The average Bonchev–Trinajstić information content (AvgIpc) is 2.42. The van der Waals surface area contributed by atoms with Crippen molar-refractivity contribution >= 4 is 17.3 Å². The molecule has 1 fully saturated rings. The van der Waals surface area contributed by atoms with Crippen LogP contribution < -0.4 is 15.8 Å². The Morgan fingerprint density at radius 2 is 2.05 bits per heavy atom. The molecule has 0 radical (unpaired) electrons. The van der Waals surface area contributed by atoms with E-state index >= 15 is 0 Å². The number of nitrogens with two attached hydrogens (primary N) is 1. The fourth-order valence-electron chi connectivity index (χ4n) is 2.81. The molecule has 3 N–H and O–H groups in total. The summed E-state index contributed by atoms with van der Waals surface area (Å²) in [4.78, 5) is 13.7. The Balaban J connectivity index is 1.75. The Morgan fingerprint density at radius 1 is 1.30 bits per heavy atom. The van der Waals surface area contributed by atoms with Gasteiger partial charge in [-0.15, -0.1) is 0 Å². The Morgan fingerprint density at radius 3 is 2.80 bits per heavy atom. The monoisotopic (exact) mass is 275 g/mol. The molecule has 0 saturated carbocycles. The number of nitrogens with zero attached hydrogens (tertiary/aromatic N) is 1. The van der Waals surface area contributed by atoms with Gasteiger partial charge in [-0.3, -0.25) is 4.79 Å². The Kier molecular flexibility index (Phi) is 3.53. The van der Waals surface area contributed by atoms with Crippen molar-refractivity contribution in [3.8, 4) is 5.75 Å². The number of likely N-dealkylation sites (tertiary alicyclic amines) is 1. The van der Waals surface area contributed by atoms with Crippen LogP contribution in [0.1, 0.15) is 24.8 Å². The van der Waals surface area contributed by atoms with Gasteiger partial charge in [-0.2, -0.15) is 0 Å². The van der Waals surface area contributed by atoms with Gasteiger partial charge in [-0.1, -0.05) is 0 Å². The molecule has 1 saturated heterocycles. The third kappa shape index (κ3) is 2.72. The zero-order valence-corrected chi connectivity index (χ0v) is 11.8. The summed E-state index contributed by atoms with van der Waals surface area (Å²) in [7, 11) is 2.13. The normalized spacial score (nSPS) is 20.4. The summed E-state index contributed by atoms with van der Waals surface area (Å²) >= 11 is 0. The van der Waals surface area contributed by atoms with Crippen molar-refractivity contribution in [3.05, 3.63) is 17.7 Å². The number of nitrogen functional groups attached to an aromatic ring is 1. The topological polar surface area (TPSA) is 67.6 Å². The summed E-state index contributed by atoms with van der Waals surface area (Å²) in [6.07, 6.45) is 3.59. The highest BCUT2D eigenvalue weighted by Crippen LogP contribution is 2.33. The number of carbonyl (C=O) groups is 1. The van der Waals surface area contributed by atoms with Gasteiger partial charge in [0.1, 0.15) is 11.9 Å². The molecule has 2 aliphatic heterocycles. The lowest BCUT2D eigenvalue weighted by Gasteiger charge is -2.30. The van der Waals surface area contributed by atoms with Crippen LogP contribution in [0.4, 0.5) is 11.4 Å². The quantitative estimate of drug-likeness (QED) is 0.805. The standard InChI is InChI=1S/C15H21N3O2/c1-18-6-4-11(5-7-18)20-14-8-10-2-3-15(19)17-13(10)9-12(14)16/h8-9,11H,2-7,16H2,1H3,(H,17,19). The Bertz CT molecular complexity index is 522. The number of hydrogen-bond acceptors (Lipinski definition) is 4. The maximum Gasteiger partial charge on any atom is 0.224 e. The molecule has 0 unspecified atom stereocenters. The number of benzene rings is 1. The zero-order valence-electron chi connectivity index (χ0n) is 11.8. The number of anilines is 2. The number of carbonyl (C=O) groups excluding carboxylic acids is 1. The van der Waals surface area contributed by atoms with E-state index in [-0.39, 0.29) is 12.0 Å². The van der Waals surface area contributed by atoms with Crippen molar-refractivity contribution in [2.24, 2.45) is 0 Å². The molecule has 20 heavy (non-hydrogen) atoms. The van der Waals surface area contributed by atoms with Crippen LogP contribution in [0, 0.1) is 0 Å². The number of fused-ring (bicyclic) bond motifs is 1. The van der Waals surface area contributed by atoms with Gasteiger partial charge in [0.2, 0.25) is 5.91 Å². The average molecular weight is 275 g/mol. The minimum absolute atomic E-state index is 0.0564. The molecule has 0 bridgehead atoms. The van der Waals surface area contributed by atoms with Gasteiger partial charge in [0, 0.05) is 25.2 Å². The molecule has 1 aromatic carbocycles. The molecule has 2 aliphatic rings. The first-order valence-corrected chi connectivity index (χ1v) is 7.19. The second-order valence-electron chi connectivity index (χ2n) is 5.72. The zero-order chi connectivity index (χ0) is 14.1. The lowest BCUT2D eigenvalue weighted by Crippen LogP contribution is -2.35. The molecule has 5 heteroatoms. The molecular weight excluding hydrogens is 254 g/mol. The summed E-state index contributed by atoms with van der Waals surface area (Å²) in [5.74, 6) is 0.815. The van der Waals surface area contributed by atoms with Gasteiger partial charge >= 0.3 is 0 Å². The van der Waals surface area contributed by atoms with Gasteiger partial charge < -0.3 is 20.7 Å². The van der Waals surface area contributed by atoms with E-state index in [9.17, 15) is 4.79 Å². The number of amides is 1. The fourth-order valence-corrected chi connectivity index (χ4v) is 2.81. The van der Waals surface area contributed by atoms with Crippen LogP contribution in [0.3, 0.4) is 0 Å². The lowest BCUT2D eigenvalue weighted by molar-refractivity contribution is -0.116. The lowest BCUT2D eigenvalue weighted by atomic mass is 10.0. The van der Waals surface area contributed by atoms with Crippen molar-refractivity contribution in [2.45, 2.75) is 31.8 Å². The van der Waals surface area contributed by atoms with Gasteiger partial charge in [0.05, 0.1) is 5.69 Å². The van der Waals surface area contributed by atoms with Crippen molar-refractivity contribution in [2.75, 3.05) is 31.2 Å². The minimum atomic E-state index is 0.0564. The molecule has 0 aromatic heterocycles. The minimum Gasteiger partial charge on any atom is -0.488 e. The third-order valence-corrected chi connectivity index (χ3v) is 4.09. The fraction of sp³-hybridized carbons (Fsp3) is 0.533. The van der Waals surface area contributed by atoms with Crippen molar-refractivity contribution < 1.29 is 9.53 Å². The van der Waals surface area contributed by atoms with Gasteiger partial charge in [-0.05, 0) is 44.0 Å². The first-order chi connectivity index (χ1) is 9.61. The van der Waals surface area contributed by atoms with E-state index in [0.29, 0.717) is 12.1 Å². The number of hydrogen-bond donors (Lipinski definition) is 2. The largest absolute Gasteiger partial charge is 0.488 e. The molecular formula is C15H21N3O2. The SMILES string of the molecule is CN1CCC(Oc2cc3c(cc2N)NC(=O)CC3)CC1. The predicted octanol–water partition coefficient (Wildman–Crippen LogP) is 1.63. The Hall–Kier alpha value is -1.75. The second-order valence-corrected chi connectivity index (χ2v) is 5.72. The van der Waals surface area contributed by atoms with E-state index in [2.05, 4.69) is 17.3 Å². The molecule has 0 aliphatic carbocycles. The van der Waals surface area contributed by atoms with E-state index in [4.69, 9.17) is 10.5 Å². The van der Waals surface area contributed by atoms with Crippen molar-refractivity contribution in [1.82, 2.24) is 4.90 Å². The van der Waals surface area contributed by atoms with Crippen LogP contribution in [0.2, 0.25) is 0 Å². The summed E-state index contributed by atoms with van der Waals surface area (Å²) in [6.45, 7) is 2.12. The van der Waals surface area contributed by atoms with Gasteiger partial charge in [-0.25, -0.2) is 0 Å². The van der Waals surface area contributed by atoms with E-state index in [0.717, 1.165) is 49.4 Å². The maximum absolute atomic E-state index is 11.4. The van der Waals surface area contributed by atoms with E-state index in [1.807, 2.05) is 12.1 Å². The summed E-state index contributed by atoms with van der Waals surface area (Å²) in [5, 5.41) is 2.86. The van der Waals surface area contributed by atoms with Crippen LogP contribution in [-0.4, -0.2) is 37.0 Å². The molecule has 3 rings (SSSR count). The molecule has 0 atom stereocenters. The number of ether oxygens (including phenoxy) is 1. The highest BCUT2D eigenvalue weighted by Gasteiger charge is 2.21. The predicted molar refractivity (Wildman–Crippen MR) is 79.0 cm³/mol. The number of nitrogens with one attached hydrogen (secondary N) is 1. The maximum atomic E-state index is 11.4. The van der Waals surface area contributed by atoms with Crippen LogP contribution in [-0.2, 0) is 11.2 Å². The van der Waals surface area contributed by atoms with Crippen molar-refractivity contribution in [1.29, 1.82) is 0 Å². The van der Waals surface area contributed by atoms with Crippen LogP contribution in [0.25, 0.3) is 0 Å². The van der Waals surface area contributed by atoms with E-state index in [1.54, 1.807) is 0 Å². The summed E-state index contributed by atoms with van der Waals surface area (Å²) in [5.41, 5.74) is 8.59. The summed E-state index contributed by atoms with van der Waals surface area (Å²) < 4.78 is 6.06. The highest BCUT2D eigenvalue weighted by atomic mass is 16.5. The molecule has 5 nitrogen and oxygen atoms in total. The smallest absolute Gasteiger partial charge is 0.224 e. The third-order valence-electron chi connectivity index (χ3n) is 4.09. The van der Waals surface area contributed by atoms with Crippen LogP contribution >= 0.6 is 0 Å². The number of piperidine rings is 1. The van der Waals surface area contributed by atoms with Gasteiger partial charge in [0.15, 0.2) is 0 Å². The van der Waals surface area contributed by atoms with Gasteiger partial charge in [0.25, 0.3) is 0 Å². The molecule has 1 aromatic rings. The second kappa shape index (κ2) is 5.32. The van der Waals surface area contributed by atoms with E-state index < -0.39 is 0 Å². The molecule has 0 spiro atoms. The Labute approximate surface area is 119 Å². The highest BCUT2D eigenvalue weighted by molar-refractivity contribution is 5.94. The van der Waals surface area contributed by atoms with Crippen LogP contribution in [0.5, 0.6) is 5.75 Å².